The molecule has 0 radical (unpaired) electrons. The molecule has 3 N–H and O–H groups in total. The second-order valence-corrected chi connectivity index (χ2v) is 4.53. The van der Waals surface area contributed by atoms with E-state index in [1.807, 2.05) is 0 Å². The molecule has 1 heterocycles. The first kappa shape index (κ1) is 14.5. The molecule has 0 saturated heterocycles. The molecule has 1 aromatic carbocycles. The predicted molar refractivity (Wildman–Crippen MR) is 77.6 cm³/mol. The minimum atomic E-state index is -1.21. The molecule has 0 fully saturated rings. The Hall–Kier alpha value is -2.89. The monoisotopic (exact) mass is 285 g/mol. The number of carboxylic acid groups (broad SMARTS) is 1. The summed E-state index contributed by atoms with van der Waals surface area (Å²) < 4.78 is 0. The van der Waals surface area contributed by atoms with Gasteiger partial charge in [0.1, 0.15) is 5.70 Å². The van der Waals surface area contributed by atoms with E-state index in [2.05, 4.69) is 15.5 Å². The third-order valence-electron chi connectivity index (χ3n) is 2.99. The third kappa shape index (κ3) is 3.36. The van der Waals surface area contributed by atoms with Gasteiger partial charge in [-0.2, -0.15) is 5.10 Å². The summed E-state index contributed by atoms with van der Waals surface area (Å²) in [4.78, 5) is 23.3. The number of amides is 1. The van der Waals surface area contributed by atoms with Crippen molar-refractivity contribution in [3.63, 3.8) is 0 Å². The van der Waals surface area contributed by atoms with Gasteiger partial charge in [0.15, 0.2) is 0 Å². The molecule has 1 amide bonds. The summed E-state index contributed by atoms with van der Waals surface area (Å²) in [7, 11) is 0. The molecule has 1 aromatic heterocycles. The summed E-state index contributed by atoms with van der Waals surface area (Å²) in [6.07, 6.45) is 1.40. The maximum Gasteiger partial charge on any atom is 0.352 e. The van der Waals surface area contributed by atoms with E-state index in [1.165, 1.54) is 6.08 Å². The normalized spacial score (nSPS) is 11.2. The standard InChI is InChI=1S/C15H15N3O3/c1-9-12(10(2)18-17-9)8-13(15(20)21)16-14(19)11-6-4-3-5-7-11/h3-8H,1-2H3,(H,16,19)(H,17,18)(H,20,21)/b13-8+. The lowest BCUT2D eigenvalue weighted by atomic mass is 10.1. The van der Waals surface area contributed by atoms with Crippen LogP contribution in [0.25, 0.3) is 6.08 Å². The zero-order chi connectivity index (χ0) is 15.4. The van der Waals surface area contributed by atoms with Crippen LogP contribution in [0.3, 0.4) is 0 Å². The van der Waals surface area contributed by atoms with Gasteiger partial charge < -0.3 is 10.4 Å². The van der Waals surface area contributed by atoms with Gasteiger partial charge in [0.2, 0.25) is 0 Å². The molecule has 0 spiro atoms. The SMILES string of the molecule is Cc1n[nH]c(C)c1/C=C(/NC(=O)c1ccccc1)C(=O)O. The molecule has 0 unspecified atom stereocenters. The number of aromatic amines is 1. The fourth-order valence-corrected chi connectivity index (χ4v) is 1.85. The highest BCUT2D eigenvalue weighted by atomic mass is 16.4. The van der Waals surface area contributed by atoms with E-state index < -0.39 is 11.9 Å². The van der Waals surface area contributed by atoms with E-state index in [9.17, 15) is 14.7 Å². The minimum Gasteiger partial charge on any atom is -0.477 e. The number of rotatable bonds is 4. The summed E-state index contributed by atoms with van der Waals surface area (Å²) in [5.74, 6) is -1.68. The molecule has 21 heavy (non-hydrogen) atoms. The van der Waals surface area contributed by atoms with E-state index in [-0.39, 0.29) is 5.70 Å². The largest absolute Gasteiger partial charge is 0.477 e. The number of carboxylic acids is 1. The molecule has 6 heteroatoms. The summed E-state index contributed by atoms with van der Waals surface area (Å²) in [5.41, 5.74) is 2.25. The summed E-state index contributed by atoms with van der Waals surface area (Å²) >= 11 is 0. The summed E-state index contributed by atoms with van der Waals surface area (Å²) in [5, 5.41) is 18.4. The maximum absolute atomic E-state index is 12.0. The predicted octanol–water partition coefficient (Wildman–Crippen LogP) is 1.88. The Morgan fingerprint density at radius 2 is 1.90 bits per heavy atom. The molecule has 6 nitrogen and oxygen atoms in total. The van der Waals surface area contributed by atoms with Gasteiger partial charge in [0.25, 0.3) is 5.91 Å². The average molecular weight is 285 g/mol. The maximum atomic E-state index is 12.0. The van der Waals surface area contributed by atoms with Crippen molar-refractivity contribution in [1.82, 2.24) is 15.5 Å². The van der Waals surface area contributed by atoms with Crippen molar-refractivity contribution in [3.05, 3.63) is 58.5 Å². The first-order valence-electron chi connectivity index (χ1n) is 6.32. The zero-order valence-corrected chi connectivity index (χ0v) is 11.7. The van der Waals surface area contributed by atoms with Gasteiger partial charge in [-0.15, -0.1) is 0 Å². The molecule has 2 rings (SSSR count). The molecule has 108 valence electrons. The number of hydrogen-bond acceptors (Lipinski definition) is 3. The number of nitrogens with one attached hydrogen (secondary N) is 2. The van der Waals surface area contributed by atoms with Crippen molar-refractivity contribution in [3.8, 4) is 0 Å². The van der Waals surface area contributed by atoms with Crippen LogP contribution in [0.1, 0.15) is 27.3 Å². The average Bonchev–Trinajstić information content (AvgIpc) is 2.78. The molecule has 0 bridgehead atoms. The highest BCUT2D eigenvalue weighted by molar-refractivity contribution is 6.02. The van der Waals surface area contributed by atoms with Crippen LogP contribution in [-0.2, 0) is 4.79 Å². The van der Waals surface area contributed by atoms with Crippen LogP contribution in [0, 0.1) is 13.8 Å². The van der Waals surface area contributed by atoms with Gasteiger partial charge in [0, 0.05) is 16.8 Å². The first-order valence-corrected chi connectivity index (χ1v) is 6.32. The summed E-state index contributed by atoms with van der Waals surface area (Å²) in [6, 6.07) is 8.43. The van der Waals surface area contributed by atoms with Crippen LogP contribution in [0.4, 0.5) is 0 Å². The topological polar surface area (TPSA) is 95.1 Å². The fraction of sp³-hybridized carbons (Fsp3) is 0.133. The minimum absolute atomic E-state index is 0.198. The molecule has 0 atom stereocenters. The van der Waals surface area contributed by atoms with Crippen LogP contribution in [0.15, 0.2) is 36.0 Å². The van der Waals surface area contributed by atoms with E-state index in [1.54, 1.807) is 44.2 Å². The highest BCUT2D eigenvalue weighted by Gasteiger charge is 2.15. The highest BCUT2D eigenvalue weighted by Crippen LogP contribution is 2.13. The van der Waals surface area contributed by atoms with Gasteiger partial charge in [-0.1, -0.05) is 18.2 Å². The van der Waals surface area contributed by atoms with Crippen LogP contribution in [0.5, 0.6) is 0 Å². The first-order chi connectivity index (χ1) is 9.99. The molecule has 0 saturated carbocycles. The van der Waals surface area contributed by atoms with Crippen molar-refractivity contribution in [2.45, 2.75) is 13.8 Å². The zero-order valence-electron chi connectivity index (χ0n) is 11.7. The number of carbonyl (C=O) groups excluding carboxylic acids is 1. The Kier molecular flexibility index (Phi) is 4.18. The number of nitrogens with zero attached hydrogens (tertiary/aromatic N) is 1. The lowest BCUT2D eigenvalue weighted by molar-refractivity contribution is -0.132. The molecule has 0 aliphatic heterocycles. The van der Waals surface area contributed by atoms with Crippen molar-refractivity contribution < 1.29 is 14.7 Å². The van der Waals surface area contributed by atoms with Crippen LogP contribution < -0.4 is 5.32 Å². The van der Waals surface area contributed by atoms with Gasteiger partial charge in [-0.3, -0.25) is 9.89 Å². The number of benzene rings is 1. The fourth-order valence-electron chi connectivity index (χ4n) is 1.85. The Labute approximate surface area is 121 Å². The molecule has 2 aromatic rings. The number of carbonyl (C=O) groups is 2. The Balaban J connectivity index is 2.29. The van der Waals surface area contributed by atoms with Gasteiger partial charge >= 0.3 is 5.97 Å². The lowest BCUT2D eigenvalue weighted by Gasteiger charge is -2.06. The quantitative estimate of drug-likeness (QED) is 0.747. The second kappa shape index (κ2) is 6.04. The van der Waals surface area contributed by atoms with Gasteiger partial charge in [-0.25, -0.2) is 4.79 Å². The van der Waals surface area contributed by atoms with E-state index in [0.29, 0.717) is 16.8 Å². The Morgan fingerprint density at radius 1 is 1.24 bits per heavy atom. The van der Waals surface area contributed by atoms with Crippen LogP contribution >= 0.6 is 0 Å². The Morgan fingerprint density at radius 3 is 2.43 bits per heavy atom. The van der Waals surface area contributed by atoms with Crippen LogP contribution in [0.2, 0.25) is 0 Å². The van der Waals surface area contributed by atoms with E-state index in [0.717, 1.165) is 5.69 Å². The van der Waals surface area contributed by atoms with E-state index in [4.69, 9.17) is 0 Å². The second-order valence-electron chi connectivity index (χ2n) is 4.53. The van der Waals surface area contributed by atoms with Crippen molar-refractivity contribution >= 4 is 18.0 Å². The Bertz CT molecular complexity index is 683. The van der Waals surface area contributed by atoms with Crippen molar-refractivity contribution in [1.29, 1.82) is 0 Å². The molecule has 0 aliphatic carbocycles. The van der Waals surface area contributed by atoms with Crippen molar-refractivity contribution in [2.75, 3.05) is 0 Å². The summed E-state index contributed by atoms with van der Waals surface area (Å²) in [6.45, 7) is 3.54. The number of aryl methyl sites for hydroxylation is 2. The number of aliphatic carboxylic acids is 1. The van der Waals surface area contributed by atoms with Gasteiger partial charge in [-0.05, 0) is 32.1 Å². The van der Waals surface area contributed by atoms with E-state index >= 15 is 0 Å². The molecule has 0 aliphatic rings. The van der Waals surface area contributed by atoms with Gasteiger partial charge in [0.05, 0.1) is 5.69 Å². The van der Waals surface area contributed by atoms with Crippen LogP contribution in [-0.4, -0.2) is 27.2 Å². The number of H-pyrrole nitrogens is 1. The van der Waals surface area contributed by atoms with Crippen molar-refractivity contribution in [2.24, 2.45) is 0 Å². The molecular formula is C15H15N3O3. The lowest BCUT2D eigenvalue weighted by Crippen LogP contribution is -2.27. The third-order valence-corrected chi connectivity index (χ3v) is 2.99. The molecular weight excluding hydrogens is 270 g/mol. The number of aromatic nitrogens is 2. The smallest absolute Gasteiger partial charge is 0.352 e. The number of hydrogen-bond donors (Lipinski definition) is 3.